The number of hydrogen-bond acceptors (Lipinski definition) is 2. The normalized spacial score (nSPS) is 40.1. The third-order valence-electron chi connectivity index (χ3n) is 6.44. The minimum atomic E-state index is -0.0412. The van der Waals surface area contributed by atoms with Crippen molar-refractivity contribution in [2.24, 2.45) is 17.3 Å². The summed E-state index contributed by atoms with van der Waals surface area (Å²) in [4.78, 5) is 23.9. The molecule has 0 radical (unpaired) electrons. The fraction of sp³-hybridized carbons (Fsp3) is 0.667. The van der Waals surface area contributed by atoms with Crippen LogP contribution in [0.5, 0.6) is 0 Å². The van der Waals surface area contributed by atoms with Gasteiger partial charge in [0, 0.05) is 18.3 Å². The molecular weight excluding hydrogens is 248 g/mol. The summed E-state index contributed by atoms with van der Waals surface area (Å²) in [6.45, 7) is 2.21. The Bertz CT molecular complexity index is 566. The molecular formula is C18H22O2. The first-order valence-corrected chi connectivity index (χ1v) is 8.08. The van der Waals surface area contributed by atoms with Crippen molar-refractivity contribution in [3.05, 3.63) is 22.8 Å². The predicted octanol–water partition coefficient (Wildman–Crippen LogP) is 3.76. The van der Waals surface area contributed by atoms with Crippen LogP contribution in [0, 0.1) is 17.3 Å². The lowest BCUT2D eigenvalue weighted by Gasteiger charge is -2.46. The SMILES string of the molecule is C[C@@]12CCC3=C4CCC(=O)C=C4CCC3[C@H]1CCC2=O. The summed E-state index contributed by atoms with van der Waals surface area (Å²) >= 11 is 0. The van der Waals surface area contributed by atoms with Gasteiger partial charge in [-0.1, -0.05) is 12.5 Å². The van der Waals surface area contributed by atoms with E-state index in [2.05, 4.69) is 6.92 Å². The largest absolute Gasteiger partial charge is 0.299 e. The summed E-state index contributed by atoms with van der Waals surface area (Å²) < 4.78 is 0. The minimum Gasteiger partial charge on any atom is -0.299 e. The van der Waals surface area contributed by atoms with Gasteiger partial charge in [-0.2, -0.15) is 0 Å². The molecule has 1 unspecified atom stereocenters. The molecule has 2 nitrogen and oxygen atoms in total. The standard InChI is InChI=1S/C18H22O2/c1-18-9-8-14-13-5-3-12(19)10-11(13)2-4-15(14)16(18)6-7-17(18)20/h10,15-16H,2-9H2,1H3/t15?,16-,18-/m1/s1. The van der Waals surface area contributed by atoms with Crippen molar-refractivity contribution < 1.29 is 9.59 Å². The lowest BCUT2D eigenvalue weighted by Crippen LogP contribution is -2.40. The summed E-state index contributed by atoms with van der Waals surface area (Å²) in [5.74, 6) is 2.01. The minimum absolute atomic E-state index is 0.0412. The molecule has 20 heavy (non-hydrogen) atoms. The van der Waals surface area contributed by atoms with Crippen molar-refractivity contribution in [2.45, 2.75) is 58.3 Å². The van der Waals surface area contributed by atoms with E-state index in [-0.39, 0.29) is 5.41 Å². The van der Waals surface area contributed by atoms with Gasteiger partial charge in [0.05, 0.1) is 0 Å². The van der Waals surface area contributed by atoms with Gasteiger partial charge in [0.2, 0.25) is 0 Å². The zero-order valence-corrected chi connectivity index (χ0v) is 12.2. The van der Waals surface area contributed by atoms with Gasteiger partial charge in [-0.05, 0) is 67.6 Å². The quantitative estimate of drug-likeness (QED) is 0.671. The van der Waals surface area contributed by atoms with Gasteiger partial charge in [-0.15, -0.1) is 0 Å². The van der Waals surface area contributed by atoms with Gasteiger partial charge >= 0.3 is 0 Å². The first-order valence-electron chi connectivity index (χ1n) is 8.08. The smallest absolute Gasteiger partial charge is 0.156 e. The molecule has 0 amide bonds. The lowest BCUT2D eigenvalue weighted by molar-refractivity contribution is -0.128. The monoisotopic (exact) mass is 270 g/mol. The van der Waals surface area contributed by atoms with E-state index in [1.165, 1.54) is 11.1 Å². The van der Waals surface area contributed by atoms with Gasteiger partial charge in [-0.25, -0.2) is 0 Å². The van der Waals surface area contributed by atoms with Crippen LogP contribution in [0.2, 0.25) is 0 Å². The molecule has 0 aromatic rings. The number of rotatable bonds is 0. The van der Waals surface area contributed by atoms with E-state index in [9.17, 15) is 9.59 Å². The van der Waals surface area contributed by atoms with Gasteiger partial charge in [0.15, 0.2) is 5.78 Å². The fourth-order valence-corrected chi connectivity index (χ4v) is 5.30. The Morgan fingerprint density at radius 1 is 1.05 bits per heavy atom. The molecule has 3 atom stereocenters. The zero-order chi connectivity index (χ0) is 13.9. The molecule has 0 saturated heterocycles. The Morgan fingerprint density at radius 3 is 2.75 bits per heavy atom. The van der Waals surface area contributed by atoms with Crippen LogP contribution in [0.3, 0.4) is 0 Å². The number of ketones is 2. The number of fused-ring (bicyclic) bond motifs is 4. The highest BCUT2D eigenvalue weighted by molar-refractivity contribution is 5.93. The van der Waals surface area contributed by atoms with Crippen LogP contribution in [-0.2, 0) is 9.59 Å². The Balaban J connectivity index is 1.76. The first kappa shape index (κ1) is 12.6. The Kier molecular flexibility index (Phi) is 2.61. The average molecular weight is 270 g/mol. The number of allylic oxidation sites excluding steroid dienone is 4. The van der Waals surface area contributed by atoms with Crippen molar-refractivity contribution in [3.63, 3.8) is 0 Å². The van der Waals surface area contributed by atoms with E-state index < -0.39 is 0 Å². The van der Waals surface area contributed by atoms with Crippen molar-refractivity contribution in [2.75, 3.05) is 0 Å². The molecule has 2 fully saturated rings. The summed E-state index contributed by atoms with van der Waals surface area (Å²) in [5.41, 5.74) is 4.40. The predicted molar refractivity (Wildman–Crippen MR) is 77.1 cm³/mol. The second kappa shape index (κ2) is 4.16. The van der Waals surface area contributed by atoms with Crippen LogP contribution >= 0.6 is 0 Å². The summed E-state index contributed by atoms with van der Waals surface area (Å²) in [6.07, 6.45) is 9.76. The third-order valence-corrected chi connectivity index (χ3v) is 6.44. The molecule has 0 spiro atoms. The van der Waals surface area contributed by atoms with Crippen molar-refractivity contribution in [1.29, 1.82) is 0 Å². The third kappa shape index (κ3) is 1.57. The van der Waals surface area contributed by atoms with Crippen molar-refractivity contribution in [1.82, 2.24) is 0 Å². The molecule has 4 rings (SSSR count). The molecule has 0 heterocycles. The maximum absolute atomic E-state index is 12.3. The number of carbonyl (C=O) groups is 2. The van der Waals surface area contributed by atoms with Gasteiger partial charge in [0.1, 0.15) is 5.78 Å². The van der Waals surface area contributed by atoms with Crippen LogP contribution < -0.4 is 0 Å². The first-order chi connectivity index (χ1) is 9.59. The van der Waals surface area contributed by atoms with Crippen LogP contribution in [-0.4, -0.2) is 11.6 Å². The maximum Gasteiger partial charge on any atom is 0.156 e. The fourth-order valence-electron chi connectivity index (χ4n) is 5.30. The summed E-state index contributed by atoms with van der Waals surface area (Å²) in [6, 6.07) is 0. The zero-order valence-electron chi connectivity index (χ0n) is 12.2. The molecule has 2 saturated carbocycles. The van der Waals surface area contributed by atoms with E-state index in [0.29, 0.717) is 29.8 Å². The number of hydrogen-bond donors (Lipinski definition) is 0. The molecule has 0 N–H and O–H groups in total. The molecule has 0 aromatic heterocycles. The number of Topliss-reactive ketones (excluding diaryl/α,β-unsaturated/α-hetero) is 1. The topological polar surface area (TPSA) is 34.1 Å². The van der Waals surface area contributed by atoms with Gasteiger partial charge in [0.25, 0.3) is 0 Å². The highest BCUT2D eigenvalue weighted by Gasteiger charge is 2.53. The molecule has 4 aliphatic rings. The Hall–Kier alpha value is -1.18. The van der Waals surface area contributed by atoms with Gasteiger partial charge < -0.3 is 0 Å². The average Bonchev–Trinajstić information content (AvgIpc) is 2.74. The Labute approximate surface area is 120 Å². The number of carbonyl (C=O) groups excluding carboxylic acids is 2. The molecule has 0 bridgehead atoms. The van der Waals surface area contributed by atoms with Crippen LogP contribution in [0.15, 0.2) is 22.8 Å². The van der Waals surface area contributed by atoms with Gasteiger partial charge in [-0.3, -0.25) is 9.59 Å². The molecule has 2 heteroatoms. The molecule has 0 aliphatic heterocycles. The van der Waals surface area contributed by atoms with E-state index in [1.807, 2.05) is 6.08 Å². The summed E-state index contributed by atoms with van der Waals surface area (Å²) in [7, 11) is 0. The second-order valence-electron chi connectivity index (χ2n) is 7.27. The second-order valence-corrected chi connectivity index (χ2v) is 7.27. The van der Waals surface area contributed by atoms with E-state index in [1.54, 1.807) is 5.57 Å². The molecule has 106 valence electrons. The van der Waals surface area contributed by atoms with Crippen molar-refractivity contribution >= 4 is 11.6 Å². The molecule has 0 aromatic carbocycles. The molecule has 4 aliphatic carbocycles. The highest BCUT2D eigenvalue weighted by atomic mass is 16.1. The highest BCUT2D eigenvalue weighted by Crippen LogP contribution is 2.58. The van der Waals surface area contributed by atoms with E-state index >= 15 is 0 Å². The van der Waals surface area contributed by atoms with Crippen LogP contribution in [0.4, 0.5) is 0 Å². The van der Waals surface area contributed by atoms with E-state index in [0.717, 1.165) is 44.9 Å². The van der Waals surface area contributed by atoms with Crippen LogP contribution in [0.1, 0.15) is 58.3 Å². The maximum atomic E-state index is 12.3. The van der Waals surface area contributed by atoms with Crippen molar-refractivity contribution in [3.8, 4) is 0 Å². The van der Waals surface area contributed by atoms with E-state index in [4.69, 9.17) is 0 Å². The Morgan fingerprint density at radius 2 is 1.90 bits per heavy atom. The summed E-state index contributed by atoms with van der Waals surface area (Å²) in [5, 5.41) is 0. The lowest BCUT2D eigenvalue weighted by atomic mass is 9.57. The van der Waals surface area contributed by atoms with Crippen LogP contribution in [0.25, 0.3) is 0 Å².